The van der Waals surface area contributed by atoms with E-state index in [4.69, 9.17) is 23.5 Å². The number of carbonyl (C=O) groups is 3. The van der Waals surface area contributed by atoms with Crippen LogP contribution in [0.3, 0.4) is 0 Å². The fraction of sp³-hybridized carbons (Fsp3) is 0.250. The van der Waals surface area contributed by atoms with Gasteiger partial charge in [-0.3, -0.25) is 14.4 Å². The standard InChI is InChI=1S/C32H30N4O8/c1-40-23-10-21-11-24(12-23)42-18-30(37)33-15-20-8-9-22(13-27(20)41-2)43-29-17-36(16-26(29)34-31(21)38)32(39)25-14-28(44-35-25)19-6-4-3-5-7-19/h3-14,26,29H,15-18H2,1-2H3,(H,33,37)(H,34,38)/t26-,29-/m0/s1. The Bertz CT molecular complexity index is 1690. The number of rotatable bonds is 4. The van der Waals surface area contributed by atoms with Crippen LogP contribution in [-0.2, 0) is 11.3 Å². The molecule has 4 bridgehead atoms. The van der Waals surface area contributed by atoms with Gasteiger partial charge < -0.3 is 39.0 Å². The highest BCUT2D eigenvalue weighted by Crippen LogP contribution is 2.29. The number of hydrogen-bond donors (Lipinski definition) is 2. The van der Waals surface area contributed by atoms with Crippen molar-refractivity contribution in [2.24, 2.45) is 0 Å². The molecule has 0 saturated carbocycles. The van der Waals surface area contributed by atoms with Gasteiger partial charge in [0.05, 0.1) is 26.8 Å². The first-order valence-electron chi connectivity index (χ1n) is 13.9. The number of likely N-dealkylation sites (tertiary alicyclic amines) is 1. The average molecular weight is 599 g/mol. The van der Waals surface area contributed by atoms with E-state index in [-0.39, 0.29) is 55.1 Å². The van der Waals surface area contributed by atoms with E-state index in [9.17, 15) is 14.4 Å². The van der Waals surface area contributed by atoms with Crippen LogP contribution in [0.4, 0.5) is 0 Å². The molecule has 2 atom stereocenters. The number of hydrogen-bond acceptors (Lipinski definition) is 9. The summed E-state index contributed by atoms with van der Waals surface area (Å²) in [7, 11) is 2.99. The van der Waals surface area contributed by atoms with Crippen molar-refractivity contribution in [2.45, 2.75) is 18.7 Å². The molecule has 3 aromatic carbocycles. The van der Waals surface area contributed by atoms with Gasteiger partial charge in [-0.2, -0.15) is 0 Å². The molecule has 12 nitrogen and oxygen atoms in total. The van der Waals surface area contributed by atoms with Crippen LogP contribution in [0.5, 0.6) is 23.0 Å². The van der Waals surface area contributed by atoms with Crippen molar-refractivity contribution in [1.82, 2.24) is 20.7 Å². The van der Waals surface area contributed by atoms with E-state index in [0.29, 0.717) is 23.0 Å². The van der Waals surface area contributed by atoms with Crippen molar-refractivity contribution in [3.05, 3.63) is 89.6 Å². The van der Waals surface area contributed by atoms with Gasteiger partial charge in [0, 0.05) is 48.0 Å². The topological polar surface area (TPSA) is 141 Å². The van der Waals surface area contributed by atoms with E-state index in [1.807, 2.05) is 30.3 Å². The van der Waals surface area contributed by atoms with E-state index in [0.717, 1.165) is 11.1 Å². The Kier molecular flexibility index (Phi) is 8.04. The molecule has 1 aromatic heterocycles. The molecule has 3 aliphatic heterocycles. The zero-order chi connectivity index (χ0) is 30.6. The Labute approximate surface area is 252 Å². The van der Waals surface area contributed by atoms with Gasteiger partial charge in [-0.05, 0) is 24.3 Å². The number of carbonyl (C=O) groups excluding carboxylic acids is 3. The number of aromatic nitrogens is 1. The molecular weight excluding hydrogens is 568 g/mol. The lowest BCUT2D eigenvalue weighted by Gasteiger charge is -2.22. The normalized spacial score (nSPS) is 18.3. The molecule has 0 spiro atoms. The summed E-state index contributed by atoms with van der Waals surface area (Å²) >= 11 is 0. The van der Waals surface area contributed by atoms with E-state index in [2.05, 4.69) is 15.8 Å². The third-order valence-corrected chi connectivity index (χ3v) is 7.43. The summed E-state index contributed by atoms with van der Waals surface area (Å²) in [6.07, 6.45) is -0.615. The lowest BCUT2D eigenvalue weighted by Crippen LogP contribution is -2.45. The van der Waals surface area contributed by atoms with Crippen LogP contribution in [-0.4, -0.2) is 73.8 Å². The Morgan fingerprint density at radius 3 is 2.57 bits per heavy atom. The van der Waals surface area contributed by atoms with Gasteiger partial charge in [0.1, 0.15) is 29.1 Å². The van der Waals surface area contributed by atoms with Crippen LogP contribution < -0.4 is 29.6 Å². The third-order valence-electron chi connectivity index (χ3n) is 7.43. The van der Waals surface area contributed by atoms with Gasteiger partial charge in [0.15, 0.2) is 18.1 Å². The zero-order valence-electron chi connectivity index (χ0n) is 24.1. The first-order valence-corrected chi connectivity index (χ1v) is 13.9. The van der Waals surface area contributed by atoms with Gasteiger partial charge >= 0.3 is 0 Å². The third kappa shape index (κ3) is 6.14. The molecule has 3 amide bonds. The van der Waals surface area contributed by atoms with Crippen LogP contribution >= 0.6 is 0 Å². The second kappa shape index (κ2) is 12.4. The Hall–Kier alpha value is -5.52. The van der Waals surface area contributed by atoms with Crippen LogP contribution in [0.2, 0.25) is 0 Å². The number of methoxy groups -OCH3 is 2. The van der Waals surface area contributed by atoms with Gasteiger partial charge in [-0.1, -0.05) is 35.5 Å². The SMILES string of the molecule is COc1cc2cc(c1)C(=O)N[C@H]1CN(C(=O)c3cc(-c4ccccc4)on3)C[C@@H]1Oc1ccc(c(OC)c1)CNC(=O)CO2. The fourth-order valence-corrected chi connectivity index (χ4v) is 5.14. The number of nitrogens with one attached hydrogen (secondary N) is 2. The van der Waals surface area contributed by atoms with Crippen LogP contribution in [0.25, 0.3) is 11.3 Å². The highest BCUT2D eigenvalue weighted by Gasteiger charge is 2.39. The molecule has 0 radical (unpaired) electrons. The molecule has 1 saturated heterocycles. The highest BCUT2D eigenvalue weighted by atomic mass is 16.5. The summed E-state index contributed by atoms with van der Waals surface area (Å²) in [4.78, 5) is 41.1. The second-order valence-corrected chi connectivity index (χ2v) is 10.3. The van der Waals surface area contributed by atoms with Crippen LogP contribution in [0, 0.1) is 0 Å². The smallest absolute Gasteiger partial charge is 0.276 e. The minimum atomic E-state index is -0.615. The molecule has 1 fully saturated rings. The fourth-order valence-electron chi connectivity index (χ4n) is 5.14. The maximum Gasteiger partial charge on any atom is 0.276 e. The zero-order valence-corrected chi connectivity index (χ0v) is 24.1. The summed E-state index contributed by atoms with van der Waals surface area (Å²) < 4.78 is 28.4. The van der Waals surface area contributed by atoms with Gasteiger partial charge in [0.25, 0.3) is 17.7 Å². The molecule has 44 heavy (non-hydrogen) atoms. The first-order chi connectivity index (χ1) is 21.4. The molecule has 7 rings (SSSR count). The first kappa shape index (κ1) is 28.6. The van der Waals surface area contributed by atoms with E-state index >= 15 is 0 Å². The van der Waals surface area contributed by atoms with E-state index < -0.39 is 18.1 Å². The molecule has 3 aliphatic rings. The molecule has 4 heterocycles. The maximum atomic E-state index is 13.6. The second-order valence-electron chi connectivity index (χ2n) is 10.3. The molecule has 0 aliphatic carbocycles. The van der Waals surface area contributed by atoms with Crippen molar-refractivity contribution >= 4 is 17.7 Å². The van der Waals surface area contributed by atoms with Crippen molar-refractivity contribution in [3.8, 4) is 34.3 Å². The molecular formula is C32H30N4O8. The maximum absolute atomic E-state index is 13.6. The minimum absolute atomic E-state index is 0.145. The minimum Gasteiger partial charge on any atom is -0.497 e. The Morgan fingerprint density at radius 1 is 0.932 bits per heavy atom. The highest BCUT2D eigenvalue weighted by molar-refractivity contribution is 5.96. The summed E-state index contributed by atoms with van der Waals surface area (Å²) in [6, 6.07) is 20.3. The summed E-state index contributed by atoms with van der Waals surface area (Å²) in [5.41, 5.74) is 1.92. The molecule has 2 N–H and O–H groups in total. The Morgan fingerprint density at radius 2 is 1.77 bits per heavy atom. The number of benzene rings is 3. The predicted molar refractivity (Wildman–Crippen MR) is 157 cm³/mol. The van der Waals surface area contributed by atoms with E-state index in [1.54, 1.807) is 41.3 Å². The van der Waals surface area contributed by atoms with Crippen molar-refractivity contribution in [3.63, 3.8) is 0 Å². The van der Waals surface area contributed by atoms with Crippen LogP contribution in [0.1, 0.15) is 26.4 Å². The molecule has 0 unspecified atom stereocenters. The van der Waals surface area contributed by atoms with Gasteiger partial charge in [-0.25, -0.2) is 0 Å². The lowest BCUT2D eigenvalue weighted by atomic mass is 10.1. The van der Waals surface area contributed by atoms with Crippen molar-refractivity contribution in [1.29, 1.82) is 0 Å². The number of amides is 3. The van der Waals surface area contributed by atoms with Gasteiger partial charge in [-0.15, -0.1) is 0 Å². The average Bonchev–Trinajstić information content (AvgIpc) is 3.70. The number of fused-ring (bicyclic) bond motifs is 7. The summed E-state index contributed by atoms with van der Waals surface area (Å²) in [5.74, 6) is 0.967. The lowest BCUT2D eigenvalue weighted by molar-refractivity contribution is -0.123. The van der Waals surface area contributed by atoms with Crippen molar-refractivity contribution < 1.29 is 37.9 Å². The summed E-state index contributed by atoms with van der Waals surface area (Å²) in [6.45, 7) is 0.257. The van der Waals surface area contributed by atoms with Crippen molar-refractivity contribution in [2.75, 3.05) is 33.9 Å². The Balaban J connectivity index is 1.30. The van der Waals surface area contributed by atoms with Gasteiger partial charge in [0.2, 0.25) is 0 Å². The quantitative estimate of drug-likeness (QED) is 0.363. The van der Waals surface area contributed by atoms with E-state index in [1.165, 1.54) is 20.3 Å². The number of ether oxygens (including phenoxy) is 4. The molecule has 12 heteroatoms. The molecule has 226 valence electrons. The largest absolute Gasteiger partial charge is 0.497 e. The van der Waals surface area contributed by atoms with Crippen LogP contribution in [0.15, 0.2) is 77.3 Å². The predicted octanol–water partition coefficient (Wildman–Crippen LogP) is 3.07. The molecule has 4 aromatic rings. The summed E-state index contributed by atoms with van der Waals surface area (Å²) in [5, 5.41) is 9.82. The monoisotopic (exact) mass is 598 g/mol. The number of nitrogens with zero attached hydrogens (tertiary/aromatic N) is 2.